The van der Waals surface area contributed by atoms with E-state index in [2.05, 4.69) is 5.32 Å². The van der Waals surface area contributed by atoms with Gasteiger partial charge in [0.15, 0.2) is 0 Å². The maximum atomic E-state index is 11.8. The Morgan fingerprint density at radius 2 is 2.33 bits per heavy atom. The van der Waals surface area contributed by atoms with Crippen LogP contribution < -0.4 is 5.32 Å². The molecule has 15 heavy (non-hydrogen) atoms. The molecule has 1 aliphatic carbocycles. The van der Waals surface area contributed by atoms with Crippen LogP contribution in [0.3, 0.4) is 0 Å². The zero-order valence-corrected chi connectivity index (χ0v) is 10.3. The molecular formula is C10H11Cl2NOS. The van der Waals surface area contributed by atoms with Gasteiger partial charge in [0.2, 0.25) is 0 Å². The van der Waals surface area contributed by atoms with Gasteiger partial charge in [0.1, 0.15) is 4.88 Å². The minimum atomic E-state index is -0.104. The third-order valence-corrected chi connectivity index (χ3v) is 4.43. The summed E-state index contributed by atoms with van der Waals surface area (Å²) in [7, 11) is 0. The van der Waals surface area contributed by atoms with Crippen molar-refractivity contribution in [3.05, 3.63) is 21.3 Å². The number of nitrogens with one attached hydrogen (secondary N) is 1. The Morgan fingerprint density at radius 1 is 1.53 bits per heavy atom. The van der Waals surface area contributed by atoms with Crippen molar-refractivity contribution in [1.82, 2.24) is 5.32 Å². The topological polar surface area (TPSA) is 29.1 Å². The number of carbonyl (C=O) groups excluding carboxylic acids is 1. The summed E-state index contributed by atoms with van der Waals surface area (Å²) in [6, 6.07) is 1.82. The van der Waals surface area contributed by atoms with Crippen molar-refractivity contribution in [2.45, 2.75) is 30.7 Å². The summed E-state index contributed by atoms with van der Waals surface area (Å²) >= 11 is 13.3. The molecule has 2 rings (SSSR count). The van der Waals surface area contributed by atoms with Gasteiger partial charge >= 0.3 is 0 Å². The number of rotatable bonds is 2. The van der Waals surface area contributed by atoms with Crippen LogP contribution in [0.25, 0.3) is 0 Å². The van der Waals surface area contributed by atoms with Gasteiger partial charge in [-0.1, -0.05) is 11.6 Å². The summed E-state index contributed by atoms with van der Waals surface area (Å²) < 4.78 is 0. The Balaban J connectivity index is 2.01. The first kappa shape index (κ1) is 11.2. The molecule has 0 aromatic carbocycles. The van der Waals surface area contributed by atoms with E-state index < -0.39 is 0 Å². The van der Waals surface area contributed by atoms with E-state index in [1.54, 1.807) is 6.07 Å². The van der Waals surface area contributed by atoms with Gasteiger partial charge in [0, 0.05) is 6.04 Å². The van der Waals surface area contributed by atoms with Crippen LogP contribution in [0.5, 0.6) is 0 Å². The van der Waals surface area contributed by atoms with Crippen molar-refractivity contribution in [3.8, 4) is 0 Å². The minimum Gasteiger partial charge on any atom is -0.347 e. The van der Waals surface area contributed by atoms with Gasteiger partial charge < -0.3 is 5.32 Å². The van der Waals surface area contributed by atoms with E-state index in [0.29, 0.717) is 9.90 Å². The number of halogens is 2. The first-order chi connectivity index (χ1) is 7.18. The van der Waals surface area contributed by atoms with Crippen LogP contribution in [-0.2, 0) is 0 Å². The van der Waals surface area contributed by atoms with E-state index in [1.165, 1.54) is 11.3 Å². The van der Waals surface area contributed by atoms with Crippen molar-refractivity contribution in [3.63, 3.8) is 0 Å². The fourth-order valence-corrected chi connectivity index (χ4v) is 3.15. The summed E-state index contributed by atoms with van der Waals surface area (Å²) in [4.78, 5) is 12.4. The maximum absolute atomic E-state index is 11.8. The molecule has 1 aromatic rings. The predicted molar refractivity (Wildman–Crippen MR) is 64.1 cm³/mol. The van der Waals surface area contributed by atoms with Gasteiger partial charge in [-0.25, -0.2) is 0 Å². The lowest BCUT2D eigenvalue weighted by Gasteiger charge is -2.15. The molecule has 1 amide bonds. The van der Waals surface area contributed by atoms with Crippen molar-refractivity contribution < 1.29 is 4.79 Å². The number of hydrogen-bond acceptors (Lipinski definition) is 2. The molecule has 1 aromatic heterocycles. The number of carbonyl (C=O) groups is 1. The highest BCUT2D eigenvalue weighted by atomic mass is 35.5. The van der Waals surface area contributed by atoms with Crippen LogP contribution in [0.15, 0.2) is 11.4 Å². The van der Waals surface area contributed by atoms with Crippen molar-refractivity contribution >= 4 is 40.4 Å². The average Bonchev–Trinajstić information content (AvgIpc) is 2.76. The fourth-order valence-electron chi connectivity index (χ4n) is 1.77. The molecule has 2 unspecified atom stereocenters. The van der Waals surface area contributed by atoms with Gasteiger partial charge in [-0.05, 0) is 30.7 Å². The molecule has 0 aliphatic heterocycles. The fraction of sp³-hybridized carbons (Fsp3) is 0.500. The van der Waals surface area contributed by atoms with Crippen LogP contribution >= 0.6 is 34.5 Å². The van der Waals surface area contributed by atoms with Crippen molar-refractivity contribution in [2.24, 2.45) is 0 Å². The molecular weight excluding hydrogens is 253 g/mol. The summed E-state index contributed by atoms with van der Waals surface area (Å²) in [6.45, 7) is 0. The third kappa shape index (κ3) is 2.47. The molecule has 1 N–H and O–H groups in total. The Labute approximate surface area is 103 Å². The maximum Gasteiger partial charge on any atom is 0.263 e. The molecule has 0 bridgehead atoms. The Bertz CT molecular complexity index is 366. The first-order valence-corrected chi connectivity index (χ1v) is 6.56. The molecule has 1 fully saturated rings. The van der Waals surface area contributed by atoms with E-state index in [4.69, 9.17) is 23.2 Å². The largest absolute Gasteiger partial charge is 0.347 e. The van der Waals surface area contributed by atoms with E-state index in [-0.39, 0.29) is 17.3 Å². The highest BCUT2D eigenvalue weighted by Gasteiger charge is 2.27. The molecule has 82 valence electrons. The lowest BCUT2D eigenvalue weighted by molar-refractivity contribution is 0.0942. The van der Waals surface area contributed by atoms with Crippen LogP contribution in [0.2, 0.25) is 5.02 Å². The SMILES string of the molecule is O=C(NC1CCCC1Cl)c1sccc1Cl. The molecule has 0 radical (unpaired) electrons. The van der Waals surface area contributed by atoms with Crippen LogP contribution in [-0.4, -0.2) is 17.3 Å². The quantitative estimate of drug-likeness (QED) is 0.816. The Kier molecular flexibility index (Phi) is 3.54. The molecule has 2 nitrogen and oxygen atoms in total. The van der Waals surface area contributed by atoms with E-state index in [1.807, 2.05) is 5.38 Å². The molecule has 1 saturated carbocycles. The number of amides is 1. The van der Waals surface area contributed by atoms with Gasteiger partial charge in [-0.3, -0.25) is 4.79 Å². The normalized spacial score (nSPS) is 25.5. The van der Waals surface area contributed by atoms with E-state index in [0.717, 1.165) is 19.3 Å². The van der Waals surface area contributed by atoms with Crippen LogP contribution in [0, 0.1) is 0 Å². The first-order valence-electron chi connectivity index (χ1n) is 4.86. The zero-order valence-electron chi connectivity index (χ0n) is 8.00. The van der Waals surface area contributed by atoms with E-state index >= 15 is 0 Å². The van der Waals surface area contributed by atoms with Crippen LogP contribution in [0.4, 0.5) is 0 Å². The Hall–Kier alpha value is -0.250. The van der Waals surface area contributed by atoms with Gasteiger partial charge in [-0.15, -0.1) is 22.9 Å². The minimum absolute atomic E-state index is 0.0627. The molecule has 2 atom stereocenters. The van der Waals surface area contributed by atoms with Crippen molar-refractivity contribution in [2.75, 3.05) is 0 Å². The number of thiophene rings is 1. The lowest BCUT2D eigenvalue weighted by Crippen LogP contribution is -2.37. The van der Waals surface area contributed by atoms with Crippen molar-refractivity contribution in [1.29, 1.82) is 0 Å². The summed E-state index contributed by atoms with van der Waals surface area (Å²) in [5.41, 5.74) is 0. The third-order valence-electron chi connectivity index (χ3n) is 2.57. The standard InChI is InChI=1S/C10H11Cl2NOS/c11-6-2-1-3-8(6)13-10(14)9-7(12)4-5-15-9/h4-6,8H,1-3H2,(H,13,14). The smallest absolute Gasteiger partial charge is 0.263 e. The summed E-state index contributed by atoms with van der Waals surface area (Å²) in [5, 5.41) is 5.31. The highest BCUT2D eigenvalue weighted by Crippen LogP contribution is 2.26. The molecule has 0 saturated heterocycles. The summed E-state index contributed by atoms with van der Waals surface area (Å²) in [6.07, 6.45) is 3.02. The second-order valence-corrected chi connectivity index (χ2v) is 5.51. The van der Waals surface area contributed by atoms with Gasteiger partial charge in [0.25, 0.3) is 5.91 Å². The monoisotopic (exact) mass is 263 g/mol. The molecule has 1 aliphatic rings. The van der Waals surface area contributed by atoms with E-state index in [9.17, 15) is 4.79 Å². The van der Waals surface area contributed by atoms with Gasteiger partial charge in [-0.2, -0.15) is 0 Å². The molecule has 0 spiro atoms. The summed E-state index contributed by atoms with van der Waals surface area (Å²) in [5.74, 6) is -0.104. The average molecular weight is 264 g/mol. The number of hydrogen-bond donors (Lipinski definition) is 1. The Morgan fingerprint density at radius 3 is 2.87 bits per heavy atom. The lowest BCUT2D eigenvalue weighted by atomic mass is 10.2. The molecule has 5 heteroatoms. The second kappa shape index (κ2) is 4.73. The molecule has 1 heterocycles. The van der Waals surface area contributed by atoms with Gasteiger partial charge in [0.05, 0.1) is 10.4 Å². The number of alkyl halides is 1. The van der Waals surface area contributed by atoms with Crippen LogP contribution in [0.1, 0.15) is 28.9 Å². The predicted octanol–water partition coefficient (Wildman–Crippen LogP) is 3.29. The highest BCUT2D eigenvalue weighted by molar-refractivity contribution is 7.12. The second-order valence-electron chi connectivity index (χ2n) is 3.62. The zero-order chi connectivity index (χ0) is 10.8.